The van der Waals surface area contributed by atoms with E-state index in [-0.39, 0.29) is 12.6 Å². The second-order valence-electron chi connectivity index (χ2n) is 4.07. The van der Waals surface area contributed by atoms with E-state index in [1.807, 2.05) is 0 Å². The molecule has 1 aliphatic carbocycles. The highest BCUT2D eigenvalue weighted by Gasteiger charge is 2.19. The highest BCUT2D eigenvalue weighted by atomic mass is 16.3. The van der Waals surface area contributed by atoms with Crippen LogP contribution in [-0.2, 0) is 12.8 Å². The van der Waals surface area contributed by atoms with Crippen molar-refractivity contribution in [1.82, 2.24) is 0 Å². The van der Waals surface area contributed by atoms with Gasteiger partial charge < -0.3 is 10.8 Å². The zero-order valence-electron chi connectivity index (χ0n) is 8.59. The lowest BCUT2D eigenvalue weighted by Crippen LogP contribution is -2.16. The van der Waals surface area contributed by atoms with Gasteiger partial charge in [0.25, 0.3) is 0 Å². The van der Waals surface area contributed by atoms with Crippen LogP contribution in [0.3, 0.4) is 0 Å². The van der Waals surface area contributed by atoms with Gasteiger partial charge in [0.2, 0.25) is 0 Å². The highest BCUT2D eigenvalue weighted by molar-refractivity contribution is 5.44. The number of fused-ring (bicyclic) bond motifs is 1. The SMILES string of the molecule is Cc1ccc([C@H](N)CO)c2c1CCC2. The third-order valence-corrected chi connectivity index (χ3v) is 3.15. The van der Waals surface area contributed by atoms with Crippen LogP contribution in [0.5, 0.6) is 0 Å². The van der Waals surface area contributed by atoms with E-state index < -0.39 is 0 Å². The monoisotopic (exact) mass is 191 g/mol. The second-order valence-corrected chi connectivity index (χ2v) is 4.07. The summed E-state index contributed by atoms with van der Waals surface area (Å²) in [4.78, 5) is 0. The van der Waals surface area contributed by atoms with E-state index in [1.165, 1.54) is 29.5 Å². The number of rotatable bonds is 2. The molecule has 0 aliphatic heterocycles. The Kier molecular flexibility index (Phi) is 2.57. The minimum Gasteiger partial charge on any atom is -0.394 e. The van der Waals surface area contributed by atoms with Crippen molar-refractivity contribution in [3.63, 3.8) is 0 Å². The Hall–Kier alpha value is -0.860. The average molecular weight is 191 g/mol. The van der Waals surface area contributed by atoms with Crippen LogP contribution in [0.4, 0.5) is 0 Å². The van der Waals surface area contributed by atoms with Crippen LogP contribution in [0.2, 0.25) is 0 Å². The quantitative estimate of drug-likeness (QED) is 0.743. The molecule has 0 amide bonds. The van der Waals surface area contributed by atoms with Crippen LogP contribution >= 0.6 is 0 Å². The predicted octanol–water partition coefficient (Wildman–Crippen LogP) is 1.48. The Bertz CT molecular complexity index is 346. The first kappa shape index (κ1) is 9.69. The highest BCUT2D eigenvalue weighted by Crippen LogP contribution is 2.30. The van der Waals surface area contributed by atoms with Crippen molar-refractivity contribution in [2.24, 2.45) is 5.73 Å². The summed E-state index contributed by atoms with van der Waals surface area (Å²) in [6, 6.07) is 3.98. The minimum atomic E-state index is -0.206. The molecule has 2 heteroatoms. The molecular weight excluding hydrogens is 174 g/mol. The summed E-state index contributed by atoms with van der Waals surface area (Å²) >= 11 is 0. The molecule has 0 saturated heterocycles. The molecule has 0 spiro atoms. The lowest BCUT2D eigenvalue weighted by Gasteiger charge is -2.15. The van der Waals surface area contributed by atoms with Gasteiger partial charge >= 0.3 is 0 Å². The first-order valence-electron chi connectivity index (χ1n) is 5.21. The summed E-state index contributed by atoms with van der Waals surface area (Å²) in [6.45, 7) is 2.19. The predicted molar refractivity (Wildman–Crippen MR) is 57.2 cm³/mol. The number of benzene rings is 1. The lowest BCUT2D eigenvalue weighted by molar-refractivity contribution is 0.267. The Morgan fingerprint density at radius 3 is 2.79 bits per heavy atom. The molecule has 0 radical (unpaired) electrons. The van der Waals surface area contributed by atoms with E-state index >= 15 is 0 Å². The fraction of sp³-hybridized carbons (Fsp3) is 0.500. The van der Waals surface area contributed by atoms with Crippen molar-refractivity contribution in [2.45, 2.75) is 32.2 Å². The maximum atomic E-state index is 9.06. The van der Waals surface area contributed by atoms with Gasteiger partial charge in [-0.15, -0.1) is 0 Å². The molecule has 2 rings (SSSR count). The molecule has 14 heavy (non-hydrogen) atoms. The number of hydrogen-bond acceptors (Lipinski definition) is 2. The molecular formula is C12H17NO. The van der Waals surface area contributed by atoms with E-state index in [0.717, 1.165) is 12.0 Å². The standard InChI is InChI=1S/C12H17NO/c1-8-5-6-11(12(13)7-14)10-4-2-3-9(8)10/h5-6,12,14H,2-4,7,13H2,1H3/t12-/m1/s1. The maximum Gasteiger partial charge on any atom is 0.0624 e. The van der Waals surface area contributed by atoms with Crippen molar-refractivity contribution in [3.8, 4) is 0 Å². The molecule has 0 fully saturated rings. The van der Waals surface area contributed by atoms with Gasteiger partial charge in [0, 0.05) is 0 Å². The molecule has 3 N–H and O–H groups in total. The van der Waals surface area contributed by atoms with Gasteiger partial charge in [-0.2, -0.15) is 0 Å². The van der Waals surface area contributed by atoms with Crippen LogP contribution in [0, 0.1) is 6.92 Å². The first-order valence-corrected chi connectivity index (χ1v) is 5.21. The van der Waals surface area contributed by atoms with Gasteiger partial charge in [-0.3, -0.25) is 0 Å². The van der Waals surface area contributed by atoms with Crippen LogP contribution in [0.15, 0.2) is 12.1 Å². The van der Waals surface area contributed by atoms with Gasteiger partial charge in [-0.1, -0.05) is 12.1 Å². The normalized spacial score (nSPS) is 16.8. The van der Waals surface area contributed by atoms with Crippen molar-refractivity contribution in [3.05, 3.63) is 34.4 Å². The van der Waals surface area contributed by atoms with E-state index in [9.17, 15) is 0 Å². The molecule has 1 aliphatic rings. The Balaban J connectivity index is 2.48. The third kappa shape index (κ3) is 1.45. The van der Waals surface area contributed by atoms with Gasteiger partial charge in [0.15, 0.2) is 0 Å². The second kappa shape index (κ2) is 3.71. The average Bonchev–Trinajstić information content (AvgIpc) is 2.67. The van der Waals surface area contributed by atoms with Gasteiger partial charge in [0.05, 0.1) is 12.6 Å². The summed E-state index contributed by atoms with van der Waals surface area (Å²) in [7, 11) is 0. The summed E-state index contributed by atoms with van der Waals surface area (Å²) in [6.07, 6.45) is 3.53. The Morgan fingerprint density at radius 1 is 1.36 bits per heavy atom. The fourth-order valence-corrected chi connectivity index (χ4v) is 2.36. The molecule has 0 bridgehead atoms. The van der Waals surface area contributed by atoms with Crippen LogP contribution in [0.25, 0.3) is 0 Å². The van der Waals surface area contributed by atoms with Gasteiger partial charge in [-0.25, -0.2) is 0 Å². The number of aliphatic hydroxyl groups excluding tert-OH is 1. The van der Waals surface area contributed by atoms with Crippen LogP contribution < -0.4 is 5.73 Å². The molecule has 0 aromatic heterocycles. The van der Waals surface area contributed by atoms with Crippen LogP contribution in [0.1, 0.15) is 34.7 Å². The van der Waals surface area contributed by atoms with Gasteiger partial charge in [0.1, 0.15) is 0 Å². The zero-order valence-corrected chi connectivity index (χ0v) is 8.59. The number of aryl methyl sites for hydroxylation is 1. The molecule has 0 heterocycles. The van der Waals surface area contributed by atoms with E-state index in [0.29, 0.717) is 0 Å². The fourth-order valence-electron chi connectivity index (χ4n) is 2.36. The maximum absolute atomic E-state index is 9.06. The number of aliphatic hydroxyl groups is 1. The molecule has 1 atom stereocenters. The summed E-state index contributed by atoms with van der Waals surface area (Å²) < 4.78 is 0. The van der Waals surface area contributed by atoms with Gasteiger partial charge in [-0.05, 0) is 48.4 Å². The largest absolute Gasteiger partial charge is 0.394 e. The summed E-state index contributed by atoms with van der Waals surface area (Å²) in [5, 5.41) is 9.06. The van der Waals surface area contributed by atoms with Crippen molar-refractivity contribution >= 4 is 0 Å². The van der Waals surface area contributed by atoms with E-state index in [2.05, 4.69) is 19.1 Å². The molecule has 0 saturated carbocycles. The Morgan fingerprint density at radius 2 is 2.07 bits per heavy atom. The third-order valence-electron chi connectivity index (χ3n) is 3.15. The van der Waals surface area contributed by atoms with Crippen molar-refractivity contribution in [1.29, 1.82) is 0 Å². The topological polar surface area (TPSA) is 46.2 Å². The zero-order chi connectivity index (χ0) is 10.1. The number of hydrogen-bond donors (Lipinski definition) is 2. The molecule has 1 aromatic rings. The summed E-state index contributed by atoms with van der Waals surface area (Å²) in [5.74, 6) is 0. The molecule has 1 aromatic carbocycles. The summed E-state index contributed by atoms with van der Waals surface area (Å²) in [5.41, 5.74) is 11.2. The molecule has 76 valence electrons. The first-order chi connectivity index (χ1) is 6.74. The van der Waals surface area contributed by atoms with E-state index in [4.69, 9.17) is 10.8 Å². The van der Waals surface area contributed by atoms with Crippen molar-refractivity contribution < 1.29 is 5.11 Å². The molecule has 2 nitrogen and oxygen atoms in total. The van der Waals surface area contributed by atoms with E-state index in [1.54, 1.807) is 0 Å². The van der Waals surface area contributed by atoms with Crippen molar-refractivity contribution in [2.75, 3.05) is 6.61 Å². The Labute approximate surface area is 84.7 Å². The smallest absolute Gasteiger partial charge is 0.0624 e. The molecule has 0 unspecified atom stereocenters. The lowest BCUT2D eigenvalue weighted by atomic mass is 9.95. The minimum absolute atomic E-state index is 0.0372. The van der Waals surface area contributed by atoms with Crippen LogP contribution in [-0.4, -0.2) is 11.7 Å². The number of nitrogens with two attached hydrogens (primary N) is 1.